The van der Waals surface area contributed by atoms with Gasteiger partial charge < -0.3 is 0 Å². The number of hydrogen-bond acceptors (Lipinski definition) is 1. The third-order valence-corrected chi connectivity index (χ3v) is 8.75. The summed E-state index contributed by atoms with van der Waals surface area (Å²) < 4.78 is 3.05. The van der Waals surface area contributed by atoms with Crippen LogP contribution < -0.4 is 0 Å². The van der Waals surface area contributed by atoms with E-state index < -0.39 is 26.7 Å². The van der Waals surface area contributed by atoms with Crippen LogP contribution in [0.2, 0.25) is 3.43 Å². The van der Waals surface area contributed by atoms with Gasteiger partial charge in [0.25, 0.3) is 0 Å². The van der Waals surface area contributed by atoms with Crippen LogP contribution in [0, 0.1) is 0 Å². The Hall–Kier alpha value is 0.499. The molecule has 0 atom stereocenters. The van der Waals surface area contributed by atoms with E-state index in [-0.39, 0.29) is 0 Å². The Kier molecular flexibility index (Phi) is 11.4. The molecule has 0 saturated carbocycles. The second-order valence-electron chi connectivity index (χ2n) is 6.72. The van der Waals surface area contributed by atoms with Crippen LogP contribution in [-0.2, 0) is 0 Å². The van der Waals surface area contributed by atoms with E-state index in [9.17, 15) is 5.11 Å². The normalized spacial score (nSPS) is 13.3. The average molecular weight is 387 g/mol. The Morgan fingerprint density at radius 3 is 1.55 bits per heavy atom. The molecule has 0 heterocycles. The molecule has 20 heavy (non-hydrogen) atoms. The Morgan fingerprint density at radius 1 is 0.850 bits per heavy atom. The molecule has 0 aromatic carbocycles. The molecular formula is C18H36OSn. The van der Waals surface area contributed by atoms with Crippen molar-refractivity contribution in [3.05, 3.63) is 10.2 Å². The number of rotatable bonds is 12. The summed E-state index contributed by atoms with van der Waals surface area (Å²) in [6.07, 6.45) is 14.4. The molecule has 0 bridgehead atoms. The van der Waals surface area contributed by atoms with Crippen LogP contribution in [0.15, 0.2) is 10.2 Å². The fourth-order valence-electron chi connectivity index (χ4n) is 2.56. The first-order chi connectivity index (χ1) is 9.39. The predicted octanol–water partition coefficient (Wildman–Crippen LogP) is 5.70. The van der Waals surface area contributed by atoms with Crippen molar-refractivity contribution >= 4 is 21.1 Å². The van der Waals surface area contributed by atoms with Gasteiger partial charge in [-0.3, -0.25) is 0 Å². The molecule has 0 aliphatic rings. The maximum atomic E-state index is 9.88. The third kappa shape index (κ3) is 10.3. The van der Waals surface area contributed by atoms with E-state index in [1.54, 1.807) is 0 Å². The molecule has 0 aliphatic heterocycles. The zero-order valence-electron chi connectivity index (χ0n) is 14.5. The summed E-state index contributed by atoms with van der Waals surface area (Å²) in [4.78, 5) is 0. The van der Waals surface area contributed by atoms with Crippen molar-refractivity contribution < 1.29 is 5.11 Å². The Balaban J connectivity index is 4.78. The van der Waals surface area contributed by atoms with Crippen molar-refractivity contribution in [2.75, 3.05) is 0 Å². The van der Waals surface area contributed by atoms with E-state index in [0.29, 0.717) is 3.43 Å². The Morgan fingerprint density at radius 2 is 1.25 bits per heavy atom. The fraction of sp³-hybridized carbons (Fsp3) is 0.889. The number of aliphatic hydroxyl groups is 1. The first kappa shape index (κ1) is 20.5. The van der Waals surface area contributed by atoms with Crippen LogP contribution in [0.25, 0.3) is 0 Å². The molecule has 2 heteroatoms. The van der Waals surface area contributed by atoms with Gasteiger partial charge in [-0.15, -0.1) is 0 Å². The first-order valence-electron chi connectivity index (χ1n) is 8.57. The Labute approximate surface area is 137 Å². The van der Waals surface area contributed by atoms with Crippen molar-refractivity contribution in [1.29, 1.82) is 0 Å². The van der Waals surface area contributed by atoms with Crippen LogP contribution in [0.4, 0.5) is 0 Å². The van der Waals surface area contributed by atoms with Crippen LogP contribution in [0.3, 0.4) is 0 Å². The molecule has 0 rings (SSSR count). The van der Waals surface area contributed by atoms with E-state index in [4.69, 9.17) is 0 Å². The molecule has 0 spiro atoms. The zero-order valence-corrected chi connectivity index (χ0v) is 17.3. The topological polar surface area (TPSA) is 20.2 Å². The van der Waals surface area contributed by atoms with E-state index >= 15 is 0 Å². The number of unbranched alkanes of at least 4 members (excludes halogenated alkanes) is 3. The molecule has 0 aliphatic carbocycles. The van der Waals surface area contributed by atoms with Gasteiger partial charge in [0.05, 0.1) is 0 Å². The van der Waals surface area contributed by atoms with Crippen LogP contribution >= 0.6 is 0 Å². The molecule has 0 fully saturated rings. The minimum absolute atomic E-state index is 0.576. The van der Waals surface area contributed by atoms with Gasteiger partial charge in [0, 0.05) is 0 Å². The van der Waals surface area contributed by atoms with Crippen molar-refractivity contribution in [2.24, 2.45) is 0 Å². The summed E-state index contributed by atoms with van der Waals surface area (Å²) in [5, 5.41) is 9.88. The monoisotopic (exact) mass is 388 g/mol. The summed E-state index contributed by atoms with van der Waals surface area (Å²) >= 11 is -0.576. The van der Waals surface area contributed by atoms with Crippen LogP contribution in [-0.4, -0.2) is 31.8 Å². The van der Waals surface area contributed by atoms with Gasteiger partial charge in [-0.2, -0.15) is 0 Å². The number of hydrogen-bond donors (Lipinski definition) is 1. The van der Waals surface area contributed by atoms with Crippen molar-refractivity contribution in [3.8, 4) is 0 Å². The molecule has 0 amide bonds. The Bertz CT molecular complexity index is 231. The summed E-state index contributed by atoms with van der Waals surface area (Å²) in [5.41, 5.74) is -0.632. The van der Waals surface area contributed by atoms with Gasteiger partial charge >= 0.3 is 138 Å². The zero-order chi connectivity index (χ0) is 15.5. The fourth-order valence-corrected chi connectivity index (χ4v) is 7.72. The van der Waals surface area contributed by atoms with Crippen LogP contribution in [0.5, 0.6) is 0 Å². The molecule has 0 saturated heterocycles. The third-order valence-electron chi connectivity index (χ3n) is 3.91. The molecule has 0 aromatic heterocycles. The van der Waals surface area contributed by atoms with Gasteiger partial charge in [0.15, 0.2) is 0 Å². The van der Waals surface area contributed by atoms with Crippen molar-refractivity contribution in [2.45, 2.75) is 101 Å². The molecule has 1 N–H and O–H groups in total. The van der Waals surface area contributed by atoms with E-state index in [0.717, 1.165) is 0 Å². The molecular weight excluding hydrogens is 351 g/mol. The minimum atomic E-state index is -0.632. The summed E-state index contributed by atoms with van der Waals surface area (Å²) in [5.74, 6) is 0. The summed E-state index contributed by atoms with van der Waals surface area (Å²) in [6.45, 7) is 10.7. The van der Waals surface area contributed by atoms with E-state index in [1.165, 1.54) is 57.8 Å². The van der Waals surface area contributed by atoms with E-state index in [2.05, 4.69) is 30.9 Å². The van der Waals surface area contributed by atoms with Gasteiger partial charge in [-0.05, 0) is 0 Å². The van der Waals surface area contributed by atoms with Gasteiger partial charge in [-0.1, -0.05) is 0 Å². The van der Waals surface area contributed by atoms with Gasteiger partial charge in [-0.25, -0.2) is 0 Å². The molecule has 118 valence electrons. The summed E-state index contributed by atoms with van der Waals surface area (Å²) in [7, 11) is 0. The SMILES string of the molecule is CCCC[C](CCCC)(CCCC)[Sn]/[CH]=C/C(C)(C)O. The molecule has 0 aromatic rings. The van der Waals surface area contributed by atoms with Gasteiger partial charge in [0.1, 0.15) is 0 Å². The summed E-state index contributed by atoms with van der Waals surface area (Å²) in [6, 6.07) is 0. The average Bonchev–Trinajstić information content (AvgIpc) is 2.38. The van der Waals surface area contributed by atoms with Gasteiger partial charge in [0.2, 0.25) is 0 Å². The molecule has 0 unspecified atom stereocenters. The second kappa shape index (κ2) is 11.1. The quantitative estimate of drug-likeness (QED) is 0.426. The van der Waals surface area contributed by atoms with Crippen LogP contribution in [0.1, 0.15) is 92.4 Å². The first-order valence-corrected chi connectivity index (χ1v) is 11.6. The molecule has 2 radical (unpaired) electrons. The van der Waals surface area contributed by atoms with Crippen molar-refractivity contribution in [3.63, 3.8) is 0 Å². The van der Waals surface area contributed by atoms with E-state index in [1.807, 2.05) is 13.8 Å². The maximum absolute atomic E-state index is 9.88. The standard InChI is InChI=1S/C13H27.C5H9O.Sn/c1-4-7-10-13(11-8-5-2)12-9-6-3;1-4-5(2,3)6;/h4-12H2,1-3H3;1,4,6H,2-3H3;. The molecule has 1 nitrogen and oxygen atoms in total. The predicted molar refractivity (Wildman–Crippen MR) is 92.5 cm³/mol. The second-order valence-corrected chi connectivity index (χ2v) is 11.5. The van der Waals surface area contributed by atoms with Crippen molar-refractivity contribution in [1.82, 2.24) is 0 Å².